The summed E-state index contributed by atoms with van der Waals surface area (Å²) in [6, 6.07) is 23.3. The first-order valence-electron chi connectivity index (χ1n) is 21.3. The molecule has 2 aromatic carbocycles. The van der Waals surface area contributed by atoms with Gasteiger partial charge in [-0.15, -0.1) is 0 Å². The third-order valence-corrected chi connectivity index (χ3v) is 12.7. The average Bonchev–Trinajstić information content (AvgIpc) is 3.68. The highest BCUT2D eigenvalue weighted by atomic mass is 16.3. The number of para-hydroxylation sites is 2. The van der Waals surface area contributed by atoms with Gasteiger partial charge in [0.2, 0.25) is 23.6 Å². The molecule has 4 aromatic rings. The predicted octanol–water partition coefficient (Wildman–Crippen LogP) is 4.84. The number of aliphatic hydroxyl groups excluding tert-OH is 2. The summed E-state index contributed by atoms with van der Waals surface area (Å²) in [5, 5.41) is 26.3. The number of carbonyl (C=O) groups is 4. The van der Waals surface area contributed by atoms with Crippen molar-refractivity contribution in [2.75, 3.05) is 23.8 Å². The van der Waals surface area contributed by atoms with E-state index in [0.717, 1.165) is 0 Å². The third-order valence-electron chi connectivity index (χ3n) is 12.7. The number of allylic oxidation sites excluding steroid dienone is 2. The molecule has 4 aliphatic rings. The molecule has 0 saturated carbocycles. The minimum absolute atomic E-state index is 0.0836. The van der Waals surface area contributed by atoms with Gasteiger partial charge in [-0.25, -0.2) is 0 Å². The maximum absolute atomic E-state index is 13.4. The molecule has 4 bridgehead atoms. The van der Waals surface area contributed by atoms with Crippen LogP contribution in [0.25, 0.3) is 12.2 Å². The largest absolute Gasteiger partial charge is 0.396 e. The van der Waals surface area contributed by atoms with Crippen LogP contribution in [0.15, 0.2) is 107 Å². The number of aliphatic hydroxyl groups is 2. The zero-order valence-electron chi connectivity index (χ0n) is 35.4. The van der Waals surface area contributed by atoms with Crippen LogP contribution in [0.5, 0.6) is 0 Å². The van der Waals surface area contributed by atoms with E-state index < -0.39 is 47.8 Å². The first kappa shape index (κ1) is 43.7. The molecule has 0 radical (unpaired) electrons. The smallest absolute Gasteiger partial charge is 0.258 e. The molecule has 62 heavy (non-hydrogen) atoms. The molecule has 4 aliphatic heterocycles. The molecule has 0 unspecified atom stereocenters. The topological polar surface area (TPSA) is 183 Å². The fourth-order valence-electron chi connectivity index (χ4n) is 10.0. The van der Waals surface area contributed by atoms with E-state index >= 15 is 0 Å². The number of rotatable bonds is 10. The number of nitrogens with zero attached hydrogens (tertiary/aromatic N) is 4. The highest BCUT2D eigenvalue weighted by Crippen LogP contribution is 2.50. The van der Waals surface area contributed by atoms with E-state index in [1.54, 1.807) is 93.5 Å². The minimum atomic E-state index is -0.661. The molecule has 2 fully saturated rings. The number of pyridine rings is 2. The lowest BCUT2D eigenvalue weighted by Gasteiger charge is -2.38. The highest BCUT2D eigenvalue weighted by molar-refractivity contribution is 5.95. The van der Waals surface area contributed by atoms with E-state index in [0.29, 0.717) is 46.7 Å². The van der Waals surface area contributed by atoms with Crippen molar-refractivity contribution in [1.82, 2.24) is 18.9 Å². The Hall–Kier alpha value is -6.38. The van der Waals surface area contributed by atoms with E-state index in [1.165, 1.54) is 0 Å². The second-order valence-corrected chi connectivity index (χ2v) is 16.0. The second-order valence-electron chi connectivity index (χ2n) is 16.0. The number of aromatic nitrogens is 2. The van der Waals surface area contributed by atoms with Gasteiger partial charge in [0.25, 0.3) is 11.1 Å². The summed E-state index contributed by atoms with van der Waals surface area (Å²) in [6.45, 7) is 7.31. The van der Waals surface area contributed by atoms with Crippen LogP contribution >= 0.6 is 0 Å². The van der Waals surface area contributed by atoms with Crippen LogP contribution in [0.2, 0.25) is 0 Å². The zero-order valence-corrected chi connectivity index (χ0v) is 35.4. The number of fused-ring (bicyclic) bond motifs is 8. The van der Waals surface area contributed by atoms with Crippen LogP contribution in [0.4, 0.5) is 11.4 Å². The Kier molecular flexibility index (Phi) is 13.2. The van der Waals surface area contributed by atoms with E-state index in [4.69, 9.17) is 0 Å². The van der Waals surface area contributed by atoms with Crippen molar-refractivity contribution in [2.24, 2.45) is 23.7 Å². The predicted molar refractivity (Wildman–Crippen MR) is 236 cm³/mol. The molecule has 8 atom stereocenters. The van der Waals surface area contributed by atoms with Crippen LogP contribution < -0.4 is 21.8 Å². The summed E-state index contributed by atoms with van der Waals surface area (Å²) in [6.07, 6.45) is 7.70. The summed E-state index contributed by atoms with van der Waals surface area (Å²) in [7, 11) is 0. The van der Waals surface area contributed by atoms with Crippen LogP contribution in [-0.4, -0.2) is 78.1 Å². The molecule has 4 amide bonds. The number of anilines is 2. The number of nitrogens with one attached hydrogen (secondary N) is 2. The summed E-state index contributed by atoms with van der Waals surface area (Å²) in [5.74, 6) is -2.94. The second kappa shape index (κ2) is 18.7. The van der Waals surface area contributed by atoms with Gasteiger partial charge in [-0.3, -0.25) is 28.8 Å². The van der Waals surface area contributed by atoms with Gasteiger partial charge in [0.15, 0.2) is 0 Å². The Morgan fingerprint density at radius 1 is 0.597 bits per heavy atom. The lowest BCUT2D eigenvalue weighted by Crippen LogP contribution is -2.49. The van der Waals surface area contributed by atoms with E-state index in [1.807, 2.05) is 62.4 Å². The fraction of sp³-hybridized carbons (Fsp3) is 0.375. The minimum Gasteiger partial charge on any atom is -0.396 e. The first-order valence-corrected chi connectivity index (χ1v) is 21.3. The normalized spacial score (nSPS) is 24.3. The van der Waals surface area contributed by atoms with Crippen LogP contribution in [0, 0.1) is 23.7 Å². The Bertz CT molecular complexity index is 2320. The van der Waals surface area contributed by atoms with Crippen LogP contribution in [0.3, 0.4) is 0 Å². The van der Waals surface area contributed by atoms with Gasteiger partial charge in [-0.1, -0.05) is 74.5 Å². The van der Waals surface area contributed by atoms with Crippen molar-refractivity contribution < 1.29 is 29.4 Å². The van der Waals surface area contributed by atoms with E-state index in [9.17, 15) is 39.0 Å². The molecule has 2 aromatic heterocycles. The fourth-order valence-corrected chi connectivity index (χ4v) is 10.0. The third kappa shape index (κ3) is 7.84. The average molecular weight is 843 g/mol. The molecule has 8 rings (SSSR count). The Balaban J connectivity index is 0.000000186. The lowest BCUT2D eigenvalue weighted by molar-refractivity contribution is -0.137. The zero-order chi connectivity index (χ0) is 44.2. The van der Waals surface area contributed by atoms with Gasteiger partial charge in [0.1, 0.15) is 0 Å². The van der Waals surface area contributed by atoms with Gasteiger partial charge in [-0.05, 0) is 62.4 Å². The standard InChI is InChI=1S/2C24H27N3O4/c2*1-3-8-15-11-12-18-22-21(23(30)25-16-9-6-5-7-10-16)17(14-28)19(13-26(18)24(15)31)27(22)20(29)4-2/h2*3,5-12,17,19,21-22,28H,4,13-14H2,1-2H3,(H,25,30)/b8-3+;8-3-/t2*17-,19-,21+,22+/m11/s1. The molecule has 2 saturated heterocycles. The summed E-state index contributed by atoms with van der Waals surface area (Å²) in [5.41, 5.74) is 3.42. The summed E-state index contributed by atoms with van der Waals surface area (Å²) in [4.78, 5) is 82.2. The van der Waals surface area contributed by atoms with E-state index in [-0.39, 0.29) is 61.1 Å². The molecule has 4 N–H and O–H groups in total. The number of hydrogen-bond donors (Lipinski definition) is 4. The van der Waals surface area contributed by atoms with Gasteiger partial charge in [-0.2, -0.15) is 0 Å². The van der Waals surface area contributed by atoms with Crippen LogP contribution in [0.1, 0.15) is 75.1 Å². The Morgan fingerprint density at radius 2 is 0.968 bits per heavy atom. The van der Waals surface area contributed by atoms with Gasteiger partial charge in [0.05, 0.1) is 36.0 Å². The van der Waals surface area contributed by atoms with Crippen molar-refractivity contribution in [2.45, 2.75) is 77.8 Å². The molecule has 0 aliphatic carbocycles. The summed E-state index contributed by atoms with van der Waals surface area (Å²) >= 11 is 0. The van der Waals surface area contributed by atoms with Crippen LogP contribution in [-0.2, 0) is 32.3 Å². The van der Waals surface area contributed by atoms with Crippen molar-refractivity contribution in [1.29, 1.82) is 0 Å². The molecule has 14 nitrogen and oxygen atoms in total. The molecular weight excluding hydrogens is 789 g/mol. The van der Waals surface area contributed by atoms with Crippen molar-refractivity contribution in [3.05, 3.63) is 140 Å². The van der Waals surface area contributed by atoms with Crippen molar-refractivity contribution in [3.8, 4) is 0 Å². The Morgan fingerprint density at radius 3 is 1.29 bits per heavy atom. The molecule has 0 spiro atoms. The summed E-state index contributed by atoms with van der Waals surface area (Å²) < 4.78 is 3.34. The maximum atomic E-state index is 13.4. The number of hydrogen-bond acceptors (Lipinski definition) is 8. The van der Waals surface area contributed by atoms with Gasteiger partial charge in [0, 0.05) is 84.9 Å². The Labute approximate surface area is 360 Å². The maximum Gasteiger partial charge on any atom is 0.258 e. The number of carbonyl (C=O) groups excluding carboxylic acids is 4. The monoisotopic (exact) mass is 842 g/mol. The molecule has 6 heterocycles. The van der Waals surface area contributed by atoms with Crippen molar-refractivity contribution in [3.63, 3.8) is 0 Å². The molecular formula is C48H54N6O8. The highest BCUT2D eigenvalue weighted by Gasteiger charge is 2.58. The molecule has 14 heteroatoms. The van der Waals surface area contributed by atoms with Gasteiger partial charge < -0.3 is 39.8 Å². The van der Waals surface area contributed by atoms with Gasteiger partial charge >= 0.3 is 0 Å². The number of amides is 4. The number of benzene rings is 2. The van der Waals surface area contributed by atoms with Crippen molar-refractivity contribution >= 4 is 47.2 Å². The molecule has 324 valence electrons. The first-order chi connectivity index (χ1) is 30.0. The SMILES string of the molecule is C/C=C/c1ccc2n(c1=O)C[C@@H]1[C@@H](CO)[C@H](C(=O)Nc3ccccc3)[C@H]2N1C(=O)CC.C/C=C\c1ccc2n(c1=O)C[C@@H]1[C@@H](CO)[C@H](C(=O)Nc3ccccc3)[C@H]2N1C(=O)CC. The lowest BCUT2D eigenvalue weighted by atomic mass is 9.86. The van der Waals surface area contributed by atoms with E-state index in [2.05, 4.69) is 10.6 Å². The quantitative estimate of drug-likeness (QED) is 0.175.